The number of rotatable bonds is 6. The highest BCUT2D eigenvalue weighted by molar-refractivity contribution is 5.95. The molecule has 1 fully saturated rings. The van der Waals surface area contributed by atoms with Gasteiger partial charge in [-0.1, -0.05) is 36.4 Å². The van der Waals surface area contributed by atoms with Crippen LogP contribution in [0, 0.1) is 11.6 Å². The van der Waals surface area contributed by atoms with Crippen LogP contribution in [-0.4, -0.2) is 54.0 Å². The third-order valence-electron chi connectivity index (χ3n) is 6.40. The van der Waals surface area contributed by atoms with Crippen molar-refractivity contribution in [3.05, 3.63) is 84.1 Å². The predicted molar refractivity (Wildman–Crippen MR) is 143 cm³/mol. The first kappa shape index (κ1) is 24.3. The first-order valence-electron chi connectivity index (χ1n) is 11.9. The number of primary amides is 1. The lowest BCUT2D eigenvalue weighted by Gasteiger charge is -2.34. The number of likely N-dealkylation sites (N-methyl/N-ethyl adjacent to an activating group) is 1. The molecule has 9 heteroatoms. The lowest BCUT2D eigenvalue weighted by atomic mass is 10.0. The van der Waals surface area contributed by atoms with E-state index in [0.29, 0.717) is 18.6 Å². The Morgan fingerprint density at radius 2 is 1.81 bits per heavy atom. The van der Waals surface area contributed by atoms with Gasteiger partial charge in [0.15, 0.2) is 11.6 Å². The number of nitrogens with two attached hydrogens (primary N) is 1. The molecule has 0 unspecified atom stereocenters. The molecule has 0 atom stereocenters. The molecule has 188 valence electrons. The van der Waals surface area contributed by atoms with E-state index in [1.165, 1.54) is 12.1 Å². The smallest absolute Gasteiger partial charge is 0.241 e. The summed E-state index contributed by atoms with van der Waals surface area (Å²) in [5.74, 6) is -2.24. The molecule has 37 heavy (non-hydrogen) atoms. The van der Waals surface area contributed by atoms with E-state index in [1.54, 1.807) is 18.3 Å². The van der Waals surface area contributed by atoms with Gasteiger partial charge in [-0.2, -0.15) is 0 Å². The number of hydrogen-bond acceptors (Lipinski definition) is 6. The predicted octanol–water partition coefficient (Wildman–Crippen LogP) is 4.57. The Bertz CT molecular complexity index is 1500. The molecular formula is C28H26F2N6O. The Morgan fingerprint density at radius 1 is 1.03 bits per heavy atom. The van der Waals surface area contributed by atoms with E-state index in [-0.39, 0.29) is 17.3 Å². The number of benzene rings is 3. The van der Waals surface area contributed by atoms with Gasteiger partial charge in [0.25, 0.3) is 0 Å². The number of piperazine rings is 1. The fraction of sp³-hybridized carbons (Fsp3) is 0.179. The highest BCUT2D eigenvalue weighted by Crippen LogP contribution is 2.31. The van der Waals surface area contributed by atoms with Crippen molar-refractivity contribution >= 4 is 40.2 Å². The SMILES string of the molecule is CN1CCN(c2ccc(Nc3ncc4cccc(-c5cccc(C=CC(N)=O)c5)c4n3)c(F)c2F)CC1. The topological polar surface area (TPSA) is 87.4 Å². The maximum Gasteiger partial charge on any atom is 0.241 e. The van der Waals surface area contributed by atoms with Crippen molar-refractivity contribution in [2.45, 2.75) is 0 Å². The number of carbonyl (C=O) groups excluding carboxylic acids is 1. The number of hydrogen-bond donors (Lipinski definition) is 2. The van der Waals surface area contributed by atoms with Crippen molar-refractivity contribution in [3.63, 3.8) is 0 Å². The number of halogens is 2. The Labute approximate surface area is 213 Å². The lowest BCUT2D eigenvalue weighted by Crippen LogP contribution is -2.44. The van der Waals surface area contributed by atoms with Gasteiger partial charge in [-0.05, 0) is 42.4 Å². The zero-order chi connectivity index (χ0) is 25.9. The third-order valence-corrected chi connectivity index (χ3v) is 6.40. The number of nitrogens with zero attached hydrogens (tertiary/aromatic N) is 4. The van der Waals surface area contributed by atoms with Crippen LogP contribution in [0.1, 0.15) is 5.56 Å². The second-order valence-corrected chi connectivity index (χ2v) is 8.97. The van der Waals surface area contributed by atoms with E-state index in [2.05, 4.69) is 20.2 Å². The quantitative estimate of drug-likeness (QED) is 0.377. The van der Waals surface area contributed by atoms with Crippen molar-refractivity contribution in [2.75, 3.05) is 43.4 Å². The molecule has 4 aromatic rings. The van der Waals surface area contributed by atoms with Gasteiger partial charge in [0.05, 0.1) is 16.9 Å². The summed E-state index contributed by atoms with van der Waals surface area (Å²) in [7, 11) is 2.01. The minimum atomic E-state index is -0.970. The number of para-hydroxylation sites is 1. The highest BCUT2D eigenvalue weighted by Gasteiger charge is 2.21. The monoisotopic (exact) mass is 500 g/mol. The van der Waals surface area contributed by atoms with Gasteiger partial charge in [0.1, 0.15) is 0 Å². The summed E-state index contributed by atoms with van der Waals surface area (Å²) < 4.78 is 30.0. The van der Waals surface area contributed by atoms with Gasteiger partial charge in [-0.3, -0.25) is 4.79 Å². The number of fused-ring (bicyclic) bond motifs is 1. The van der Waals surface area contributed by atoms with Crippen LogP contribution in [0.2, 0.25) is 0 Å². The summed E-state index contributed by atoms with van der Waals surface area (Å²) in [4.78, 5) is 24.0. The van der Waals surface area contributed by atoms with E-state index in [9.17, 15) is 9.18 Å². The minimum absolute atomic E-state index is 0.0363. The lowest BCUT2D eigenvalue weighted by molar-refractivity contribution is -0.113. The molecule has 0 bridgehead atoms. The van der Waals surface area contributed by atoms with Crippen molar-refractivity contribution in [1.82, 2.24) is 14.9 Å². The minimum Gasteiger partial charge on any atom is -0.367 e. The molecule has 1 aliphatic heterocycles. The summed E-state index contributed by atoms with van der Waals surface area (Å²) in [6.07, 6.45) is 4.58. The first-order valence-corrected chi connectivity index (χ1v) is 11.9. The van der Waals surface area contributed by atoms with E-state index >= 15 is 4.39 Å². The van der Waals surface area contributed by atoms with Crippen LogP contribution in [0.3, 0.4) is 0 Å². The molecule has 3 N–H and O–H groups in total. The van der Waals surface area contributed by atoms with Gasteiger partial charge >= 0.3 is 0 Å². The van der Waals surface area contributed by atoms with Crippen LogP contribution < -0.4 is 16.0 Å². The van der Waals surface area contributed by atoms with Crippen LogP contribution in [0.15, 0.2) is 66.9 Å². The van der Waals surface area contributed by atoms with Crippen LogP contribution in [0.4, 0.5) is 26.1 Å². The average molecular weight is 501 g/mol. The van der Waals surface area contributed by atoms with Crippen LogP contribution in [-0.2, 0) is 4.79 Å². The van der Waals surface area contributed by atoms with Gasteiger partial charge < -0.3 is 20.9 Å². The van der Waals surface area contributed by atoms with Gasteiger partial charge in [0, 0.05) is 49.4 Å². The molecule has 1 amide bonds. The molecule has 1 saturated heterocycles. The number of aromatic nitrogens is 2. The molecule has 1 aliphatic rings. The molecule has 0 spiro atoms. The molecule has 1 aromatic heterocycles. The van der Waals surface area contributed by atoms with Crippen LogP contribution >= 0.6 is 0 Å². The third kappa shape index (κ3) is 5.26. The molecule has 7 nitrogen and oxygen atoms in total. The molecule has 3 aromatic carbocycles. The van der Waals surface area contributed by atoms with Gasteiger partial charge in [0.2, 0.25) is 11.9 Å². The standard InChI is InChI=1S/C28H26F2N6O/c1-35-12-14-36(15-13-35)23-10-9-22(25(29)26(23)30)33-28-32-17-20-6-3-7-21(27(20)34-28)19-5-2-4-18(16-19)8-11-24(31)37/h2-11,16-17H,12-15H2,1H3,(H2,31,37)(H,32,33,34). The Balaban J connectivity index is 1.46. The van der Waals surface area contributed by atoms with Crippen molar-refractivity contribution in [2.24, 2.45) is 5.73 Å². The zero-order valence-electron chi connectivity index (χ0n) is 20.3. The normalized spacial score (nSPS) is 14.4. The summed E-state index contributed by atoms with van der Waals surface area (Å²) in [6, 6.07) is 16.4. The molecule has 5 rings (SSSR count). The Hall–Kier alpha value is -4.37. The van der Waals surface area contributed by atoms with E-state index < -0.39 is 17.5 Å². The molecule has 0 radical (unpaired) electrons. The average Bonchev–Trinajstić information content (AvgIpc) is 2.91. The van der Waals surface area contributed by atoms with E-state index in [4.69, 9.17) is 5.73 Å². The Morgan fingerprint density at radius 3 is 2.59 bits per heavy atom. The summed E-state index contributed by atoms with van der Waals surface area (Å²) in [6.45, 7) is 2.85. The van der Waals surface area contributed by atoms with E-state index in [1.807, 2.05) is 54.4 Å². The summed E-state index contributed by atoms with van der Waals surface area (Å²) in [5, 5.41) is 3.63. The van der Waals surface area contributed by atoms with Crippen molar-refractivity contribution in [1.29, 1.82) is 0 Å². The molecule has 2 heterocycles. The van der Waals surface area contributed by atoms with Crippen molar-refractivity contribution in [3.8, 4) is 11.1 Å². The summed E-state index contributed by atoms with van der Waals surface area (Å²) in [5.41, 5.74) is 8.58. The number of carbonyl (C=O) groups is 1. The van der Waals surface area contributed by atoms with Gasteiger partial charge in [-0.25, -0.2) is 18.7 Å². The second kappa shape index (κ2) is 10.3. The zero-order valence-corrected chi connectivity index (χ0v) is 20.3. The molecular weight excluding hydrogens is 474 g/mol. The van der Waals surface area contributed by atoms with Crippen LogP contribution in [0.5, 0.6) is 0 Å². The first-order chi connectivity index (χ1) is 17.9. The fourth-order valence-electron chi connectivity index (χ4n) is 4.39. The van der Waals surface area contributed by atoms with Crippen LogP contribution in [0.25, 0.3) is 28.1 Å². The summed E-state index contributed by atoms with van der Waals surface area (Å²) >= 11 is 0. The number of amides is 1. The van der Waals surface area contributed by atoms with Gasteiger partial charge in [-0.15, -0.1) is 0 Å². The van der Waals surface area contributed by atoms with Crippen molar-refractivity contribution < 1.29 is 13.6 Å². The molecule has 0 saturated carbocycles. The van der Waals surface area contributed by atoms with E-state index in [0.717, 1.165) is 35.2 Å². The number of anilines is 3. The molecule has 0 aliphatic carbocycles. The largest absolute Gasteiger partial charge is 0.367 e. The second-order valence-electron chi connectivity index (χ2n) is 8.97. The maximum atomic E-state index is 15.0. The highest BCUT2D eigenvalue weighted by atomic mass is 19.2. The fourth-order valence-corrected chi connectivity index (χ4v) is 4.39. The Kier molecular flexibility index (Phi) is 6.78. The maximum absolute atomic E-state index is 15.0. The number of nitrogens with one attached hydrogen (secondary N) is 1.